The number of carboxylic acid groups (broad SMARTS) is 1. The molecule has 0 spiro atoms. The van der Waals surface area contributed by atoms with Crippen LogP contribution in [0.25, 0.3) is 0 Å². The molecule has 2 unspecified atom stereocenters. The average molecular weight is 281 g/mol. The molecule has 1 aliphatic heterocycles. The van der Waals surface area contributed by atoms with E-state index in [1.807, 2.05) is 13.8 Å². The molecule has 7 heteroatoms. The quantitative estimate of drug-likeness (QED) is 0.836. The molecule has 2 rings (SSSR count). The van der Waals surface area contributed by atoms with Crippen LogP contribution in [0.4, 0.5) is 5.82 Å². The van der Waals surface area contributed by atoms with Crippen LogP contribution in [0.2, 0.25) is 0 Å². The van der Waals surface area contributed by atoms with Crippen molar-refractivity contribution in [2.24, 2.45) is 5.41 Å². The molecule has 2 heterocycles. The second-order valence-electron chi connectivity index (χ2n) is 5.34. The zero-order chi connectivity index (χ0) is 14.8. The highest BCUT2D eigenvalue weighted by Gasteiger charge is 2.46. The Morgan fingerprint density at radius 2 is 2.35 bits per heavy atom. The van der Waals surface area contributed by atoms with Gasteiger partial charge in [-0.3, -0.25) is 4.79 Å². The number of hydrogen-bond acceptors (Lipinski definition) is 6. The van der Waals surface area contributed by atoms with Gasteiger partial charge < -0.3 is 19.9 Å². The van der Waals surface area contributed by atoms with E-state index in [9.17, 15) is 9.90 Å². The molecule has 0 radical (unpaired) electrons. The highest BCUT2D eigenvalue weighted by atomic mass is 16.5. The molecule has 0 saturated carbocycles. The van der Waals surface area contributed by atoms with Crippen molar-refractivity contribution in [2.75, 3.05) is 18.5 Å². The maximum atomic E-state index is 11.4. The van der Waals surface area contributed by atoms with Gasteiger partial charge in [0.25, 0.3) is 0 Å². The van der Waals surface area contributed by atoms with E-state index in [4.69, 9.17) is 9.47 Å². The first-order valence-corrected chi connectivity index (χ1v) is 6.48. The largest absolute Gasteiger partial charge is 0.481 e. The molecule has 1 saturated heterocycles. The number of aromatic nitrogens is 2. The Kier molecular flexibility index (Phi) is 4.08. The van der Waals surface area contributed by atoms with Gasteiger partial charge in [-0.25, -0.2) is 9.97 Å². The molecule has 2 atom stereocenters. The molecular weight excluding hydrogens is 262 g/mol. The average Bonchev–Trinajstić information content (AvgIpc) is 2.72. The highest BCUT2D eigenvalue weighted by molar-refractivity contribution is 5.76. The van der Waals surface area contributed by atoms with Crippen LogP contribution in [0.1, 0.15) is 20.8 Å². The van der Waals surface area contributed by atoms with Gasteiger partial charge in [-0.2, -0.15) is 0 Å². The number of aliphatic carboxylic acids is 1. The number of ether oxygens (including phenoxy) is 2. The number of anilines is 1. The van der Waals surface area contributed by atoms with Crippen LogP contribution < -0.4 is 10.1 Å². The van der Waals surface area contributed by atoms with Crippen molar-refractivity contribution in [3.63, 3.8) is 0 Å². The number of carboxylic acids is 1. The standard InChI is InChI=1S/C13H19N3O4/c1-8(2)20-11-4-10(14-7-15-11)16-9-5-19-6-13(9,3)12(17)18/h4,7-9H,5-6H2,1-3H3,(H,17,18)(H,14,15,16). The molecule has 110 valence electrons. The molecule has 0 aromatic carbocycles. The van der Waals surface area contributed by atoms with Gasteiger partial charge in [0.1, 0.15) is 17.6 Å². The SMILES string of the molecule is CC(C)Oc1cc(NC2COCC2(C)C(=O)O)ncn1. The summed E-state index contributed by atoms with van der Waals surface area (Å²) < 4.78 is 10.8. The van der Waals surface area contributed by atoms with Crippen LogP contribution in [0.15, 0.2) is 12.4 Å². The van der Waals surface area contributed by atoms with E-state index in [-0.39, 0.29) is 18.8 Å². The molecule has 0 bridgehead atoms. The minimum Gasteiger partial charge on any atom is -0.481 e. The van der Waals surface area contributed by atoms with Gasteiger partial charge in [-0.1, -0.05) is 0 Å². The van der Waals surface area contributed by atoms with E-state index >= 15 is 0 Å². The Morgan fingerprint density at radius 1 is 1.60 bits per heavy atom. The summed E-state index contributed by atoms with van der Waals surface area (Å²) in [4.78, 5) is 19.4. The molecule has 20 heavy (non-hydrogen) atoms. The number of rotatable bonds is 5. The lowest BCUT2D eigenvalue weighted by Crippen LogP contribution is -2.43. The summed E-state index contributed by atoms with van der Waals surface area (Å²) in [6.07, 6.45) is 1.39. The van der Waals surface area contributed by atoms with Crippen molar-refractivity contribution in [2.45, 2.75) is 32.9 Å². The van der Waals surface area contributed by atoms with Crippen molar-refractivity contribution in [1.29, 1.82) is 0 Å². The van der Waals surface area contributed by atoms with Crippen molar-refractivity contribution in [3.8, 4) is 5.88 Å². The van der Waals surface area contributed by atoms with Crippen LogP contribution in [-0.2, 0) is 9.53 Å². The van der Waals surface area contributed by atoms with Gasteiger partial charge in [0.05, 0.1) is 25.4 Å². The third-order valence-electron chi connectivity index (χ3n) is 3.26. The zero-order valence-electron chi connectivity index (χ0n) is 11.8. The van der Waals surface area contributed by atoms with Gasteiger partial charge in [0, 0.05) is 6.07 Å². The van der Waals surface area contributed by atoms with Crippen molar-refractivity contribution < 1.29 is 19.4 Å². The van der Waals surface area contributed by atoms with Gasteiger partial charge in [0.2, 0.25) is 5.88 Å². The number of hydrogen-bond donors (Lipinski definition) is 2. The second-order valence-corrected chi connectivity index (χ2v) is 5.34. The van der Waals surface area contributed by atoms with Crippen LogP contribution in [0, 0.1) is 5.41 Å². The summed E-state index contributed by atoms with van der Waals surface area (Å²) in [5.74, 6) is 0.0901. The molecule has 0 aliphatic carbocycles. The molecule has 1 fully saturated rings. The fourth-order valence-corrected chi connectivity index (χ4v) is 1.99. The Hall–Kier alpha value is -1.89. The lowest BCUT2D eigenvalue weighted by atomic mass is 9.85. The smallest absolute Gasteiger partial charge is 0.313 e. The molecule has 1 aliphatic rings. The van der Waals surface area contributed by atoms with E-state index in [0.717, 1.165) is 0 Å². The van der Waals surface area contributed by atoms with Crippen LogP contribution in [0.3, 0.4) is 0 Å². The first-order chi connectivity index (χ1) is 9.41. The molecule has 2 N–H and O–H groups in total. The van der Waals surface area contributed by atoms with Crippen LogP contribution in [-0.4, -0.2) is 46.4 Å². The predicted molar refractivity (Wildman–Crippen MR) is 71.8 cm³/mol. The van der Waals surface area contributed by atoms with E-state index < -0.39 is 11.4 Å². The maximum absolute atomic E-state index is 11.4. The summed E-state index contributed by atoms with van der Waals surface area (Å²) in [5, 5.41) is 12.4. The van der Waals surface area contributed by atoms with Crippen LogP contribution in [0.5, 0.6) is 5.88 Å². The summed E-state index contributed by atoms with van der Waals surface area (Å²) in [6.45, 7) is 5.98. The van der Waals surface area contributed by atoms with Crippen LogP contribution >= 0.6 is 0 Å². The molecular formula is C13H19N3O4. The molecule has 1 aromatic heterocycles. The third-order valence-corrected chi connectivity index (χ3v) is 3.26. The van der Waals surface area contributed by atoms with E-state index in [1.165, 1.54) is 6.33 Å². The summed E-state index contributed by atoms with van der Waals surface area (Å²) in [7, 11) is 0. The minimum atomic E-state index is -0.968. The Balaban J connectivity index is 2.11. The third kappa shape index (κ3) is 2.98. The molecule has 1 aromatic rings. The number of carbonyl (C=O) groups is 1. The van der Waals surface area contributed by atoms with Crippen molar-refractivity contribution in [3.05, 3.63) is 12.4 Å². The van der Waals surface area contributed by atoms with Gasteiger partial charge >= 0.3 is 5.97 Å². The van der Waals surface area contributed by atoms with E-state index in [2.05, 4.69) is 15.3 Å². The molecule has 7 nitrogen and oxygen atoms in total. The van der Waals surface area contributed by atoms with Gasteiger partial charge in [-0.05, 0) is 20.8 Å². The number of nitrogens with one attached hydrogen (secondary N) is 1. The summed E-state index contributed by atoms with van der Waals surface area (Å²) >= 11 is 0. The summed E-state index contributed by atoms with van der Waals surface area (Å²) in [5.41, 5.74) is -0.968. The fourth-order valence-electron chi connectivity index (χ4n) is 1.99. The molecule has 0 amide bonds. The summed E-state index contributed by atoms with van der Waals surface area (Å²) in [6, 6.07) is 1.31. The second kappa shape index (κ2) is 5.62. The number of nitrogens with zero attached hydrogens (tertiary/aromatic N) is 2. The Labute approximate surface area is 117 Å². The Bertz CT molecular complexity index is 494. The van der Waals surface area contributed by atoms with E-state index in [0.29, 0.717) is 18.3 Å². The van der Waals surface area contributed by atoms with Crippen molar-refractivity contribution >= 4 is 11.8 Å². The lowest BCUT2D eigenvalue weighted by Gasteiger charge is -2.25. The van der Waals surface area contributed by atoms with Gasteiger partial charge in [-0.15, -0.1) is 0 Å². The van der Waals surface area contributed by atoms with Crippen molar-refractivity contribution in [1.82, 2.24) is 9.97 Å². The fraction of sp³-hybridized carbons (Fsp3) is 0.615. The zero-order valence-corrected chi connectivity index (χ0v) is 11.8. The predicted octanol–water partition coefficient (Wildman–Crippen LogP) is 1.17. The first-order valence-electron chi connectivity index (χ1n) is 6.48. The Morgan fingerprint density at radius 3 is 3.00 bits per heavy atom. The topological polar surface area (TPSA) is 93.6 Å². The minimum absolute atomic E-state index is 0.0110. The highest BCUT2D eigenvalue weighted by Crippen LogP contribution is 2.31. The van der Waals surface area contributed by atoms with E-state index in [1.54, 1.807) is 13.0 Å². The maximum Gasteiger partial charge on any atom is 0.313 e. The first kappa shape index (κ1) is 14.5. The normalized spacial score (nSPS) is 25.7. The lowest BCUT2D eigenvalue weighted by molar-refractivity contribution is -0.148. The van der Waals surface area contributed by atoms with Gasteiger partial charge in [0.15, 0.2) is 0 Å². The monoisotopic (exact) mass is 281 g/mol.